The van der Waals surface area contributed by atoms with Gasteiger partial charge in [-0.3, -0.25) is 4.79 Å². The van der Waals surface area contributed by atoms with Crippen molar-refractivity contribution in [3.63, 3.8) is 0 Å². The molecule has 0 heterocycles. The molecule has 0 N–H and O–H groups in total. The number of fused-ring (bicyclic) bond motifs is 1. The van der Waals surface area contributed by atoms with Gasteiger partial charge in [-0.1, -0.05) is 12.8 Å². The maximum absolute atomic E-state index is 11.2. The summed E-state index contributed by atoms with van der Waals surface area (Å²) in [6.45, 7) is 2.40. The average Bonchev–Trinajstić information content (AvgIpc) is 2.43. The zero-order valence-electron chi connectivity index (χ0n) is 8.29. The fourth-order valence-corrected chi connectivity index (χ4v) is 3.02. The third-order valence-electron chi connectivity index (χ3n) is 3.66. The summed E-state index contributed by atoms with van der Waals surface area (Å²) in [5.74, 6) is 2.49. The zero-order chi connectivity index (χ0) is 9.26. The minimum Gasteiger partial charge on any atom is -0.466 e. The maximum atomic E-state index is 11.2. The summed E-state index contributed by atoms with van der Waals surface area (Å²) < 4.78 is 4.96. The Morgan fingerprint density at radius 3 is 3.00 bits per heavy atom. The van der Waals surface area contributed by atoms with Crippen LogP contribution in [0.15, 0.2) is 0 Å². The monoisotopic (exact) mass is 182 g/mol. The van der Waals surface area contributed by atoms with Gasteiger partial charge in [0.1, 0.15) is 0 Å². The quantitative estimate of drug-likeness (QED) is 0.626. The van der Waals surface area contributed by atoms with E-state index in [4.69, 9.17) is 4.74 Å². The molecule has 0 saturated heterocycles. The van der Waals surface area contributed by atoms with Gasteiger partial charge in [0.05, 0.1) is 6.61 Å². The molecule has 2 heteroatoms. The molecule has 13 heavy (non-hydrogen) atoms. The summed E-state index contributed by atoms with van der Waals surface area (Å²) in [4.78, 5) is 11.2. The van der Waals surface area contributed by atoms with Gasteiger partial charge in [-0.2, -0.15) is 0 Å². The van der Waals surface area contributed by atoms with E-state index in [0.717, 1.165) is 11.8 Å². The minimum absolute atomic E-state index is 0.0119. The van der Waals surface area contributed by atoms with Gasteiger partial charge in [-0.05, 0) is 37.5 Å². The average molecular weight is 182 g/mol. The number of carbonyl (C=O) groups is 1. The zero-order valence-corrected chi connectivity index (χ0v) is 8.29. The molecule has 2 nitrogen and oxygen atoms in total. The predicted octanol–water partition coefficient (Wildman–Crippen LogP) is 2.38. The molecule has 2 fully saturated rings. The molecule has 74 valence electrons. The van der Waals surface area contributed by atoms with E-state index in [1.807, 2.05) is 6.92 Å². The van der Waals surface area contributed by atoms with E-state index in [-0.39, 0.29) is 5.97 Å². The molecule has 2 rings (SSSR count). The predicted molar refractivity (Wildman–Crippen MR) is 50.2 cm³/mol. The van der Waals surface area contributed by atoms with Gasteiger partial charge < -0.3 is 4.74 Å². The van der Waals surface area contributed by atoms with Crippen LogP contribution in [0, 0.1) is 17.8 Å². The summed E-state index contributed by atoms with van der Waals surface area (Å²) in [6.07, 6.45) is 6.10. The Kier molecular flexibility index (Phi) is 2.56. The van der Waals surface area contributed by atoms with E-state index >= 15 is 0 Å². The lowest BCUT2D eigenvalue weighted by Gasteiger charge is -2.40. The van der Waals surface area contributed by atoms with Gasteiger partial charge in [-0.15, -0.1) is 0 Å². The van der Waals surface area contributed by atoms with Crippen LogP contribution in [0.25, 0.3) is 0 Å². The molecule has 0 aromatic carbocycles. The lowest BCUT2D eigenvalue weighted by molar-refractivity contribution is -0.146. The highest BCUT2D eigenvalue weighted by molar-refractivity contribution is 5.69. The van der Waals surface area contributed by atoms with Gasteiger partial charge in [0.2, 0.25) is 0 Å². The van der Waals surface area contributed by atoms with Crippen molar-refractivity contribution in [3.05, 3.63) is 0 Å². The second-order valence-corrected chi connectivity index (χ2v) is 4.36. The summed E-state index contributed by atoms with van der Waals surface area (Å²) in [5.41, 5.74) is 0. The lowest BCUT2D eigenvalue weighted by Crippen LogP contribution is -2.34. The van der Waals surface area contributed by atoms with E-state index < -0.39 is 0 Å². The van der Waals surface area contributed by atoms with Crippen LogP contribution in [-0.2, 0) is 9.53 Å². The van der Waals surface area contributed by atoms with E-state index in [0.29, 0.717) is 18.9 Å². The van der Waals surface area contributed by atoms with Crippen LogP contribution >= 0.6 is 0 Å². The van der Waals surface area contributed by atoms with Gasteiger partial charge in [0.15, 0.2) is 0 Å². The normalized spacial score (nSPS) is 36.5. The lowest BCUT2D eigenvalue weighted by atomic mass is 9.65. The fraction of sp³-hybridized carbons (Fsp3) is 0.909. The number of rotatable bonds is 3. The van der Waals surface area contributed by atoms with E-state index in [2.05, 4.69) is 0 Å². The Balaban J connectivity index is 1.74. The van der Waals surface area contributed by atoms with Crippen molar-refractivity contribution in [2.45, 2.75) is 39.0 Å². The molecule has 0 radical (unpaired) electrons. The third-order valence-corrected chi connectivity index (χ3v) is 3.66. The number of hydrogen-bond acceptors (Lipinski definition) is 2. The van der Waals surface area contributed by atoms with Crippen LogP contribution in [0.3, 0.4) is 0 Å². The largest absolute Gasteiger partial charge is 0.466 e. The summed E-state index contributed by atoms with van der Waals surface area (Å²) in [7, 11) is 0. The third kappa shape index (κ3) is 1.72. The number of ether oxygens (including phenoxy) is 1. The van der Waals surface area contributed by atoms with Gasteiger partial charge >= 0.3 is 5.97 Å². The molecule has 0 amide bonds. The minimum atomic E-state index is 0.0119. The first kappa shape index (κ1) is 9.04. The first-order valence-electron chi connectivity index (χ1n) is 5.47. The van der Waals surface area contributed by atoms with Crippen LogP contribution in [0.2, 0.25) is 0 Å². The van der Waals surface area contributed by atoms with E-state index in [1.165, 1.54) is 25.7 Å². The molecule has 3 atom stereocenters. The highest BCUT2D eigenvalue weighted by Crippen LogP contribution is 2.52. The Labute approximate surface area is 79.7 Å². The van der Waals surface area contributed by atoms with Gasteiger partial charge in [-0.25, -0.2) is 0 Å². The number of esters is 1. The molecular weight excluding hydrogens is 164 g/mol. The second-order valence-electron chi connectivity index (χ2n) is 4.36. The van der Waals surface area contributed by atoms with Gasteiger partial charge in [0.25, 0.3) is 0 Å². The van der Waals surface area contributed by atoms with Crippen molar-refractivity contribution in [1.29, 1.82) is 0 Å². The summed E-state index contributed by atoms with van der Waals surface area (Å²) in [6, 6.07) is 0. The Morgan fingerprint density at radius 1 is 1.46 bits per heavy atom. The van der Waals surface area contributed by atoms with Crippen LogP contribution in [-0.4, -0.2) is 12.6 Å². The van der Waals surface area contributed by atoms with Crippen molar-refractivity contribution < 1.29 is 9.53 Å². The van der Waals surface area contributed by atoms with Crippen LogP contribution < -0.4 is 0 Å². The van der Waals surface area contributed by atoms with Crippen LogP contribution in [0.5, 0.6) is 0 Å². The topological polar surface area (TPSA) is 26.3 Å². The molecule has 0 aromatic rings. The Bertz CT molecular complexity index is 200. The molecule has 2 aliphatic rings. The number of carbonyl (C=O) groups excluding carboxylic acids is 1. The molecule has 2 unspecified atom stereocenters. The highest BCUT2D eigenvalue weighted by Gasteiger charge is 2.44. The summed E-state index contributed by atoms with van der Waals surface area (Å²) >= 11 is 0. The number of hydrogen-bond donors (Lipinski definition) is 0. The molecule has 2 saturated carbocycles. The van der Waals surface area contributed by atoms with Crippen molar-refractivity contribution >= 4 is 5.97 Å². The van der Waals surface area contributed by atoms with Gasteiger partial charge in [0, 0.05) is 6.42 Å². The molecule has 0 spiro atoms. The maximum Gasteiger partial charge on any atom is 0.306 e. The Hall–Kier alpha value is -0.530. The van der Waals surface area contributed by atoms with Crippen LogP contribution in [0.1, 0.15) is 39.0 Å². The first-order chi connectivity index (χ1) is 6.31. The first-order valence-corrected chi connectivity index (χ1v) is 5.47. The smallest absolute Gasteiger partial charge is 0.306 e. The van der Waals surface area contributed by atoms with Crippen molar-refractivity contribution in [1.82, 2.24) is 0 Å². The standard InChI is InChI=1S/C11H18O2/c1-2-13-11(12)7-9-6-8-4-3-5-10(8)9/h8-10H,2-7H2,1H3/t8-,9?,10?/m1/s1. The molecular formula is C11H18O2. The highest BCUT2D eigenvalue weighted by atomic mass is 16.5. The fourth-order valence-electron chi connectivity index (χ4n) is 3.02. The SMILES string of the molecule is CCOC(=O)CC1C[C@H]2CCCC12. The Morgan fingerprint density at radius 2 is 2.31 bits per heavy atom. The molecule has 0 bridgehead atoms. The molecule has 0 aromatic heterocycles. The molecule has 0 aliphatic heterocycles. The van der Waals surface area contributed by atoms with E-state index in [1.54, 1.807) is 0 Å². The van der Waals surface area contributed by atoms with Crippen LogP contribution in [0.4, 0.5) is 0 Å². The van der Waals surface area contributed by atoms with Crippen molar-refractivity contribution in [2.75, 3.05) is 6.61 Å². The second kappa shape index (κ2) is 3.69. The molecule has 2 aliphatic carbocycles. The van der Waals surface area contributed by atoms with Crippen molar-refractivity contribution in [2.24, 2.45) is 17.8 Å². The summed E-state index contributed by atoms with van der Waals surface area (Å²) in [5, 5.41) is 0. The van der Waals surface area contributed by atoms with Crippen molar-refractivity contribution in [3.8, 4) is 0 Å². The van der Waals surface area contributed by atoms with E-state index in [9.17, 15) is 4.79 Å².